The smallest absolute Gasteiger partial charge is 0.244 e. The molecule has 0 aliphatic rings. The van der Waals surface area contributed by atoms with E-state index >= 15 is 0 Å². The summed E-state index contributed by atoms with van der Waals surface area (Å²) >= 11 is 3.23. The molecule has 0 atom stereocenters. The van der Waals surface area contributed by atoms with Gasteiger partial charge in [-0.25, -0.2) is 4.98 Å². The van der Waals surface area contributed by atoms with Crippen LogP contribution in [0.5, 0.6) is 5.75 Å². The van der Waals surface area contributed by atoms with E-state index in [2.05, 4.69) is 10.3 Å². The zero-order valence-electron chi connectivity index (χ0n) is 13.8. The van der Waals surface area contributed by atoms with E-state index in [1.54, 1.807) is 28.7 Å². The maximum atomic E-state index is 12.0. The van der Waals surface area contributed by atoms with Crippen LogP contribution >= 0.6 is 22.7 Å². The standard InChI is InChI=1S/C19H18N2O2S2/c1-14-21-16(13-25-14)12-23-18-7-3-2-5-15(18)8-9-19(22)20-11-17-6-4-10-24-17/h2-10,13H,11-12H2,1H3,(H,20,22)/b9-8+. The van der Waals surface area contributed by atoms with E-state index in [0.29, 0.717) is 13.2 Å². The Balaban J connectivity index is 1.58. The molecular weight excluding hydrogens is 352 g/mol. The molecule has 0 unspecified atom stereocenters. The molecule has 4 nitrogen and oxygen atoms in total. The third-order valence-electron chi connectivity index (χ3n) is 3.39. The number of thiazole rings is 1. The summed E-state index contributed by atoms with van der Waals surface area (Å²) in [5, 5.41) is 7.88. The van der Waals surface area contributed by atoms with E-state index in [0.717, 1.165) is 26.9 Å². The maximum Gasteiger partial charge on any atom is 0.244 e. The first-order valence-corrected chi connectivity index (χ1v) is 9.58. The van der Waals surface area contributed by atoms with E-state index in [-0.39, 0.29) is 5.91 Å². The van der Waals surface area contributed by atoms with Crippen LogP contribution in [0.3, 0.4) is 0 Å². The number of benzene rings is 1. The van der Waals surface area contributed by atoms with Gasteiger partial charge in [-0.15, -0.1) is 22.7 Å². The van der Waals surface area contributed by atoms with Crippen molar-refractivity contribution in [2.75, 3.05) is 0 Å². The van der Waals surface area contributed by atoms with E-state index in [9.17, 15) is 4.79 Å². The van der Waals surface area contributed by atoms with Crippen molar-refractivity contribution in [1.29, 1.82) is 0 Å². The third kappa shape index (κ3) is 5.27. The molecule has 2 aromatic heterocycles. The van der Waals surface area contributed by atoms with Gasteiger partial charge in [0.15, 0.2) is 0 Å². The molecular formula is C19H18N2O2S2. The highest BCUT2D eigenvalue weighted by Gasteiger charge is 2.04. The summed E-state index contributed by atoms with van der Waals surface area (Å²) < 4.78 is 5.85. The molecule has 0 saturated carbocycles. The number of hydrogen-bond donors (Lipinski definition) is 1. The number of aryl methyl sites for hydroxylation is 1. The Morgan fingerprint density at radius 1 is 1.24 bits per heavy atom. The zero-order chi connectivity index (χ0) is 17.5. The van der Waals surface area contributed by atoms with Crippen LogP contribution in [0.25, 0.3) is 6.08 Å². The first kappa shape index (κ1) is 17.4. The molecule has 1 aromatic carbocycles. The molecule has 0 aliphatic heterocycles. The van der Waals surface area contributed by atoms with Gasteiger partial charge in [-0.1, -0.05) is 24.3 Å². The normalized spacial score (nSPS) is 10.9. The minimum Gasteiger partial charge on any atom is -0.487 e. The Morgan fingerprint density at radius 2 is 2.12 bits per heavy atom. The van der Waals surface area contributed by atoms with Crippen molar-refractivity contribution < 1.29 is 9.53 Å². The Bertz CT molecular complexity index is 854. The lowest BCUT2D eigenvalue weighted by Crippen LogP contribution is -2.19. The van der Waals surface area contributed by atoms with E-state index in [1.165, 1.54) is 6.08 Å². The molecule has 2 heterocycles. The van der Waals surface area contributed by atoms with Crippen LogP contribution in [-0.4, -0.2) is 10.9 Å². The monoisotopic (exact) mass is 370 g/mol. The SMILES string of the molecule is Cc1nc(COc2ccccc2/C=C/C(=O)NCc2cccs2)cs1. The lowest BCUT2D eigenvalue weighted by Gasteiger charge is -2.07. The quantitative estimate of drug-likeness (QED) is 0.626. The fourth-order valence-electron chi connectivity index (χ4n) is 2.19. The van der Waals surface area contributed by atoms with Crippen molar-refractivity contribution >= 4 is 34.7 Å². The maximum absolute atomic E-state index is 12.0. The lowest BCUT2D eigenvalue weighted by atomic mass is 10.2. The Kier molecular flexibility index (Phi) is 5.98. The topological polar surface area (TPSA) is 51.2 Å². The molecule has 1 N–H and O–H groups in total. The summed E-state index contributed by atoms with van der Waals surface area (Å²) in [6.45, 7) is 2.93. The number of ether oxygens (including phenoxy) is 1. The largest absolute Gasteiger partial charge is 0.487 e. The number of nitrogens with one attached hydrogen (secondary N) is 1. The van der Waals surface area contributed by atoms with Crippen LogP contribution in [-0.2, 0) is 17.9 Å². The molecule has 128 valence electrons. The highest BCUT2D eigenvalue weighted by atomic mass is 32.1. The van der Waals surface area contributed by atoms with Gasteiger partial charge in [0.05, 0.1) is 17.2 Å². The second-order valence-electron chi connectivity index (χ2n) is 5.31. The summed E-state index contributed by atoms with van der Waals surface area (Å²) in [6.07, 6.45) is 3.30. The highest BCUT2D eigenvalue weighted by Crippen LogP contribution is 2.21. The number of carbonyl (C=O) groups is 1. The molecule has 0 saturated heterocycles. The second kappa shape index (κ2) is 8.60. The number of aromatic nitrogens is 1. The minimum atomic E-state index is -0.127. The van der Waals surface area contributed by atoms with Gasteiger partial charge < -0.3 is 10.1 Å². The van der Waals surface area contributed by atoms with Crippen LogP contribution in [0.4, 0.5) is 0 Å². The average Bonchev–Trinajstić information content (AvgIpc) is 3.28. The summed E-state index contributed by atoms with van der Waals surface area (Å²) in [7, 11) is 0. The molecule has 3 rings (SSSR count). The summed E-state index contributed by atoms with van der Waals surface area (Å²) in [4.78, 5) is 17.5. The predicted molar refractivity (Wildman–Crippen MR) is 103 cm³/mol. The van der Waals surface area contributed by atoms with E-state index in [4.69, 9.17) is 4.74 Å². The first-order valence-electron chi connectivity index (χ1n) is 7.82. The van der Waals surface area contributed by atoms with E-state index < -0.39 is 0 Å². The van der Waals surface area contributed by atoms with Crippen LogP contribution in [0, 0.1) is 6.92 Å². The van der Waals surface area contributed by atoms with Gasteiger partial charge in [-0.2, -0.15) is 0 Å². The predicted octanol–water partition coefficient (Wildman–Crippen LogP) is 4.42. The molecule has 0 bridgehead atoms. The molecule has 0 fully saturated rings. The summed E-state index contributed by atoms with van der Waals surface area (Å²) in [6, 6.07) is 11.6. The van der Waals surface area contributed by atoms with Gasteiger partial charge in [0.2, 0.25) is 5.91 Å². The fourth-order valence-corrected chi connectivity index (χ4v) is 3.43. The first-order chi connectivity index (χ1) is 12.2. The minimum absolute atomic E-state index is 0.127. The lowest BCUT2D eigenvalue weighted by molar-refractivity contribution is -0.116. The molecule has 3 aromatic rings. The number of rotatable bonds is 7. The molecule has 1 amide bonds. The number of nitrogens with zero attached hydrogens (tertiary/aromatic N) is 1. The van der Waals surface area contributed by atoms with Crippen LogP contribution in [0.15, 0.2) is 53.2 Å². The summed E-state index contributed by atoms with van der Waals surface area (Å²) in [5.41, 5.74) is 1.77. The summed E-state index contributed by atoms with van der Waals surface area (Å²) in [5.74, 6) is 0.605. The zero-order valence-corrected chi connectivity index (χ0v) is 15.4. The van der Waals surface area contributed by atoms with Gasteiger partial charge in [-0.3, -0.25) is 4.79 Å². The number of amides is 1. The second-order valence-corrected chi connectivity index (χ2v) is 7.41. The van der Waals surface area contributed by atoms with Gasteiger partial charge in [-0.05, 0) is 30.5 Å². The highest BCUT2D eigenvalue weighted by molar-refractivity contribution is 7.10. The third-order valence-corrected chi connectivity index (χ3v) is 5.09. The van der Waals surface area contributed by atoms with Gasteiger partial charge >= 0.3 is 0 Å². The number of hydrogen-bond acceptors (Lipinski definition) is 5. The van der Waals surface area contributed by atoms with Gasteiger partial charge in [0.25, 0.3) is 0 Å². The van der Waals surface area contributed by atoms with Crippen LogP contribution < -0.4 is 10.1 Å². The van der Waals surface area contributed by atoms with Crippen LogP contribution in [0.2, 0.25) is 0 Å². The molecule has 0 spiro atoms. The van der Waals surface area contributed by atoms with Crippen molar-refractivity contribution in [3.05, 3.63) is 74.4 Å². The van der Waals surface area contributed by atoms with Crippen molar-refractivity contribution in [1.82, 2.24) is 10.3 Å². The van der Waals surface area contributed by atoms with E-state index in [1.807, 2.05) is 54.1 Å². The Morgan fingerprint density at radius 3 is 2.88 bits per heavy atom. The molecule has 0 aliphatic carbocycles. The van der Waals surface area contributed by atoms with Crippen molar-refractivity contribution in [3.8, 4) is 5.75 Å². The number of carbonyl (C=O) groups excluding carboxylic acids is 1. The molecule has 0 radical (unpaired) electrons. The fraction of sp³-hybridized carbons (Fsp3) is 0.158. The number of thiophene rings is 1. The Hall–Kier alpha value is -2.44. The van der Waals surface area contributed by atoms with Gasteiger partial charge in [0, 0.05) is 21.9 Å². The van der Waals surface area contributed by atoms with Crippen LogP contribution in [0.1, 0.15) is 21.1 Å². The van der Waals surface area contributed by atoms with Gasteiger partial charge in [0.1, 0.15) is 12.4 Å². The van der Waals surface area contributed by atoms with Crippen molar-refractivity contribution in [3.63, 3.8) is 0 Å². The Labute approximate surface area is 154 Å². The van der Waals surface area contributed by atoms with Crippen molar-refractivity contribution in [2.24, 2.45) is 0 Å². The molecule has 25 heavy (non-hydrogen) atoms. The number of para-hydroxylation sites is 1. The average molecular weight is 370 g/mol. The molecule has 6 heteroatoms. The van der Waals surface area contributed by atoms with Crippen molar-refractivity contribution in [2.45, 2.75) is 20.1 Å².